The van der Waals surface area contributed by atoms with Crippen molar-refractivity contribution in [3.05, 3.63) is 47.3 Å². The molecule has 1 aromatic carbocycles. The van der Waals surface area contributed by atoms with Gasteiger partial charge in [0.15, 0.2) is 11.8 Å². The van der Waals surface area contributed by atoms with Gasteiger partial charge in [-0.2, -0.15) is 0 Å². The highest BCUT2D eigenvalue weighted by atomic mass is 127. The third-order valence-electron chi connectivity index (χ3n) is 4.71. The molecule has 1 aliphatic rings. The number of benzene rings is 1. The minimum atomic E-state index is -0.130. The minimum Gasteiger partial charge on any atom is -0.356 e. The van der Waals surface area contributed by atoms with E-state index in [0.717, 1.165) is 30.1 Å². The number of guanidine groups is 1. The highest BCUT2D eigenvalue weighted by Crippen LogP contribution is 2.48. The lowest BCUT2D eigenvalue weighted by atomic mass is 9.95. The number of aryl methyl sites for hydroxylation is 1. The SMILES string of the molecule is CN=C(NCc1nnc(C)n1C)NCC1(c2ccccc2F)CC1.I. The smallest absolute Gasteiger partial charge is 0.191 e. The van der Waals surface area contributed by atoms with Crippen LogP contribution in [0.2, 0.25) is 0 Å². The average molecular weight is 458 g/mol. The van der Waals surface area contributed by atoms with Crippen LogP contribution in [0.1, 0.15) is 30.1 Å². The van der Waals surface area contributed by atoms with Gasteiger partial charge in [-0.3, -0.25) is 4.99 Å². The minimum absolute atomic E-state index is 0. The lowest BCUT2D eigenvalue weighted by molar-refractivity contribution is 0.559. The van der Waals surface area contributed by atoms with Crippen LogP contribution >= 0.6 is 24.0 Å². The molecule has 0 atom stereocenters. The lowest BCUT2D eigenvalue weighted by Gasteiger charge is -2.19. The summed E-state index contributed by atoms with van der Waals surface area (Å²) >= 11 is 0. The Hall–Kier alpha value is -1.71. The van der Waals surface area contributed by atoms with Crippen LogP contribution in [0, 0.1) is 12.7 Å². The van der Waals surface area contributed by atoms with Crippen molar-refractivity contribution in [3.63, 3.8) is 0 Å². The Morgan fingerprint density at radius 1 is 1.28 bits per heavy atom. The third kappa shape index (κ3) is 4.28. The second-order valence-corrected chi connectivity index (χ2v) is 6.26. The van der Waals surface area contributed by atoms with Gasteiger partial charge < -0.3 is 15.2 Å². The van der Waals surface area contributed by atoms with Crippen LogP contribution in [0.5, 0.6) is 0 Å². The van der Waals surface area contributed by atoms with E-state index in [2.05, 4.69) is 25.8 Å². The van der Waals surface area contributed by atoms with Crippen molar-refractivity contribution in [2.24, 2.45) is 12.0 Å². The van der Waals surface area contributed by atoms with Crippen molar-refractivity contribution in [1.29, 1.82) is 0 Å². The van der Waals surface area contributed by atoms with E-state index in [0.29, 0.717) is 19.0 Å². The molecule has 1 aliphatic carbocycles. The quantitative estimate of drug-likeness (QED) is 0.410. The van der Waals surface area contributed by atoms with E-state index < -0.39 is 0 Å². The van der Waals surface area contributed by atoms with Crippen molar-refractivity contribution in [2.45, 2.75) is 31.7 Å². The molecule has 0 aliphatic heterocycles. The van der Waals surface area contributed by atoms with Gasteiger partial charge in [-0.05, 0) is 31.4 Å². The maximum atomic E-state index is 14.1. The highest BCUT2D eigenvalue weighted by Gasteiger charge is 2.45. The summed E-state index contributed by atoms with van der Waals surface area (Å²) in [5.41, 5.74) is 0.668. The maximum absolute atomic E-state index is 14.1. The first-order chi connectivity index (χ1) is 11.6. The van der Waals surface area contributed by atoms with Gasteiger partial charge >= 0.3 is 0 Å². The van der Waals surface area contributed by atoms with Gasteiger partial charge in [0, 0.05) is 26.1 Å². The lowest BCUT2D eigenvalue weighted by Crippen LogP contribution is -2.41. The predicted octanol–water partition coefficient (Wildman–Crippen LogP) is 2.28. The van der Waals surface area contributed by atoms with Gasteiger partial charge in [0.1, 0.15) is 11.6 Å². The Bertz CT molecular complexity index is 753. The standard InChI is InChI=1S/C17H23FN6.HI/c1-12-22-23-15(24(12)3)10-20-16(19-2)21-11-17(8-9-17)13-6-4-5-7-14(13)18;/h4-7H,8-11H2,1-3H3,(H2,19,20,21);1H. The van der Waals surface area contributed by atoms with E-state index >= 15 is 0 Å². The number of hydrogen-bond acceptors (Lipinski definition) is 3. The van der Waals surface area contributed by atoms with E-state index in [-0.39, 0.29) is 35.2 Å². The summed E-state index contributed by atoms with van der Waals surface area (Å²) in [4.78, 5) is 4.23. The van der Waals surface area contributed by atoms with Crippen LogP contribution < -0.4 is 10.6 Å². The third-order valence-corrected chi connectivity index (χ3v) is 4.71. The maximum Gasteiger partial charge on any atom is 0.191 e. The number of aromatic nitrogens is 3. The van der Waals surface area contributed by atoms with Crippen LogP contribution in [-0.4, -0.2) is 34.3 Å². The molecular weight excluding hydrogens is 434 g/mol. The van der Waals surface area contributed by atoms with Crippen LogP contribution in [0.15, 0.2) is 29.3 Å². The Morgan fingerprint density at radius 3 is 2.56 bits per heavy atom. The molecular formula is C17H24FIN6. The molecule has 1 saturated carbocycles. The normalized spacial score (nSPS) is 15.4. The molecule has 8 heteroatoms. The van der Waals surface area contributed by atoms with Crippen molar-refractivity contribution in [3.8, 4) is 0 Å². The molecule has 0 bridgehead atoms. The molecule has 0 amide bonds. The number of nitrogens with zero attached hydrogens (tertiary/aromatic N) is 4. The van der Waals surface area contributed by atoms with Crippen LogP contribution in [0.4, 0.5) is 4.39 Å². The number of halogens is 2. The molecule has 0 radical (unpaired) electrons. The molecule has 0 saturated heterocycles. The average Bonchev–Trinajstić information content (AvgIpc) is 3.31. The van der Waals surface area contributed by atoms with Crippen LogP contribution in [0.3, 0.4) is 0 Å². The van der Waals surface area contributed by atoms with Gasteiger partial charge in [-0.1, -0.05) is 18.2 Å². The molecule has 25 heavy (non-hydrogen) atoms. The van der Waals surface area contributed by atoms with E-state index in [9.17, 15) is 4.39 Å². The fraction of sp³-hybridized carbons (Fsp3) is 0.471. The first-order valence-corrected chi connectivity index (χ1v) is 8.10. The molecule has 0 spiro atoms. The summed E-state index contributed by atoms with van der Waals surface area (Å²) in [6.07, 6.45) is 1.97. The Labute approximate surface area is 164 Å². The van der Waals surface area contributed by atoms with Crippen molar-refractivity contribution in [2.75, 3.05) is 13.6 Å². The topological polar surface area (TPSA) is 67.1 Å². The molecule has 3 rings (SSSR count). The second-order valence-electron chi connectivity index (χ2n) is 6.26. The molecule has 6 nitrogen and oxygen atoms in total. The van der Waals surface area contributed by atoms with E-state index in [1.807, 2.05) is 30.7 Å². The fourth-order valence-electron chi connectivity index (χ4n) is 2.82. The summed E-state index contributed by atoms with van der Waals surface area (Å²) in [5.74, 6) is 2.25. The summed E-state index contributed by atoms with van der Waals surface area (Å²) in [5, 5.41) is 14.7. The summed E-state index contributed by atoms with van der Waals surface area (Å²) < 4.78 is 16.0. The van der Waals surface area contributed by atoms with Crippen LogP contribution in [-0.2, 0) is 19.0 Å². The second kappa shape index (κ2) is 8.11. The number of hydrogen-bond donors (Lipinski definition) is 2. The summed E-state index contributed by atoms with van der Waals surface area (Å²) in [7, 11) is 3.65. The van der Waals surface area contributed by atoms with Crippen LogP contribution in [0.25, 0.3) is 0 Å². The highest BCUT2D eigenvalue weighted by molar-refractivity contribution is 14.0. The van der Waals surface area contributed by atoms with Crippen molar-refractivity contribution >= 4 is 29.9 Å². The van der Waals surface area contributed by atoms with E-state index in [1.165, 1.54) is 6.07 Å². The summed E-state index contributed by atoms with van der Waals surface area (Å²) in [6.45, 7) is 3.10. The first-order valence-electron chi connectivity index (χ1n) is 8.10. The number of aliphatic imine (C=N–C) groups is 1. The number of nitrogens with one attached hydrogen (secondary N) is 2. The molecule has 1 heterocycles. The number of rotatable bonds is 5. The Morgan fingerprint density at radius 2 is 2.00 bits per heavy atom. The Kier molecular flexibility index (Phi) is 6.36. The van der Waals surface area contributed by atoms with Gasteiger partial charge in [0.05, 0.1) is 6.54 Å². The monoisotopic (exact) mass is 458 g/mol. The van der Waals surface area contributed by atoms with Crippen molar-refractivity contribution in [1.82, 2.24) is 25.4 Å². The van der Waals surface area contributed by atoms with E-state index in [4.69, 9.17) is 0 Å². The summed E-state index contributed by atoms with van der Waals surface area (Å²) in [6, 6.07) is 7.02. The van der Waals surface area contributed by atoms with Gasteiger partial charge in [0.2, 0.25) is 0 Å². The molecule has 136 valence electrons. The van der Waals surface area contributed by atoms with E-state index in [1.54, 1.807) is 13.1 Å². The zero-order valence-electron chi connectivity index (χ0n) is 14.7. The Balaban J connectivity index is 0.00000225. The zero-order chi connectivity index (χ0) is 17.2. The van der Waals surface area contributed by atoms with Crippen molar-refractivity contribution < 1.29 is 4.39 Å². The van der Waals surface area contributed by atoms with Gasteiger partial charge in [-0.15, -0.1) is 34.2 Å². The largest absolute Gasteiger partial charge is 0.356 e. The molecule has 0 unspecified atom stereocenters. The molecule has 1 aromatic heterocycles. The zero-order valence-corrected chi connectivity index (χ0v) is 17.0. The van der Waals surface area contributed by atoms with Gasteiger partial charge in [-0.25, -0.2) is 4.39 Å². The molecule has 1 fully saturated rings. The molecule has 2 aromatic rings. The molecule has 2 N–H and O–H groups in total. The predicted molar refractivity (Wildman–Crippen MR) is 107 cm³/mol. The first kappa shape index (κ1) is 19.6. The fourth-order valence-corrected chi connectivity index (χ4v) is 2.82. The van der Waals surface area contributed by atoms with Gasteiger partial charge in [0.25, 0.3) is 0 Å².